The highest BCUT2D eigenvalue weighted by molar-refractivity contribution is 6.32. The van der Waals surface area contributed by atoms with Crippen LogP contribution in [0.15, 0.2) is 54.6 Å². The number of rotatable bonds is 3. The molecule has 36 heavy (non-hydrogen) atoms. The second-order valence-electron chi connectivity index (χ2n) is 9.32. The first-order valence-electron chi connectivity index (χ1n) is 11.4. The molecule has 0 bridgehead atoms. The number of aryl methyl sites for hydroxylation is 1. The quantitative estimate of drug-likeness (QED) is 0.287. The molecule has 1 amide bonds. The van der Waals surface area contributed by atoms with E-state index in [1.165, 1.54) is 18.2 Å². The van der Waals surface area contributed by atoms with E-state index in [2.05, 4.69) is 9.97 Å². The number of carbonyl (C=O) groups excluding carboxylic acids is 1. The summed E-state index contributed by atoms with van der Waals surface area (Å²) in [5.41, 5.74) is 1.42. The zero-order chi connectivity index (χ0) is 25.8. The number of hydrogen-bond acceptors (Lipinski definition) is 2. The van der Waals surface area contributed by atoms with Crippen LogP contribution in [-0.2, 0) is 11.7 Å². The summed E-state index contributed by atoms with van der Waals surface area (Å²) in [5, 5.41) is -0.429. The molecule has 5 rings (SSSR count). The third kappa shape index (κ3) is 4.13. The van der Waals surface area contributed by atoms with Gasteiger partial charge in [-0.25, -0.2) is 9.37 Å². The Balaban J connectivity index is 1.57. The summed E-state index contributed by atoms with van der Waals surface area (Å²) in [5.74, 6) is -0.202. The molecule has 1 unspecified atom stereocenters. The highest BCUT2D eigenvalue weighted by Gasteiger charge is 2.44. The molecule has 1 atom stereocenters. The average molecular weight is 516 g/mol. The van der Waals surface area contributed by atoms with Gasteiger partial charge in [-0.05, 0) is 68.1 Å². The minimum atomic E-state index is -4.60. The van der Waals surface area contributed by atoms with Crippen LogP contribution in [0.5, 0.6) is 0 Å². The van der Waals surface area contributed by atoms with Crippen LogP contribution in [0.3, 0.4) is 0 Å². The lowest BCUT2D eigenvalue weighted by molar-refractivity contribution is -0.137. The van der Waals surface area contributed by atoms with Crippen molar-refractivity contribution < 1.29 is 22.4 Å². The van der Waals surface area contributed by atoms with Crippen molar-refractivity contribution in [3.8, 4) is 11.1 Å². The van der Waals surface area contributed by atoms with Crippen LogP contribution >= 0.6 is 11.6 Å². The van der Waals surface area contributed by atoms with E-state index in [0.29, 0.717) is 47.4 Å². The Hall–Kier alpha value is -3.39. The third-order valence-corrected chi connectivity index (χ3v) is 7.15. The molecule has 9 heteroatoms. The SMILES string of the molecule is Cc1ccc(-c2ccc(F)cc2)c(C(=O)N2CCCC2(C)c2nc3cc(Cl)c(C(F)(F)F)cc3[nH]2)c1. The van der Waals surface area contributed by atoms with Gasteiger partial charge >= 0.3 is 6.18 Å². The van der Waals surface area contributed by atoms with E-state index in [0.717, 1.165) is 11.6 Å². The Morgan fingerprint density at radius 3 is 2.53 bits per heavy atom. The van der Waals surface area contributed by atoms with Crippen LogP contribution in [0.2, 0.25) is 5.02 Å². The molecule has 1 fully saturated rings. The van der Waals surface area contributed by atoms with Crippen LogP contribution in [0.25, 0.3) is 22.2 Å². The Morgan fingerprint density at radius 2 is 1.83 bits per heavy atom. The van der Waals surface area contributed by atoms with Crippen molar-refractivity contribution in [2.45, 2.75) is 38.4 Å². The zero-order valence-electron chi connectivity index (χ0n) is 19.5. The second-order valence-corrected chi connectivity index (χ2v) is 9.73. The predicted octanol–water partition coefficient (Wildman–Crippen LogP) is 7.50. The molecule has 4 aromatic rings. The average Bonchev–Trinajstić information content (AvgIpc) is 3.42. The number of imidazole rings is 1. The molecule has 1 saturated heterocycles. The summed E-state index contributed by atoms with van der Waals surface area (Å²) < 4.78 is 53.6. The lowest BCUT2D eigenvalue weighted by Gasteiger charge is -2.34. The first-order valence-corrected chi connectivity index (χ1v) is 11.8. The Bertz CT molecular complexity index is 1480. The number of carbonyl (C=O) groups is 1. The highest BCUT2D eigenvalue weighted by Crippen LogP contribution is 2.42. The number of nitrogens with one attached hydrogen (secondary N) is 1. The first kappa shape index (κ1) is 24.3. The fourth-order valence-corrected chi connectivity index (χ4v) is 5.17. The monoisotopic (exact) mass is 515 g/mol. The molecule has 2 heterocycles. The molecule has 1 aliphatic heterocycles. The van der Waals surface area contributed by atoms with E-state index in [1.54, 1.807) is 23.1 Å². The summed E-state index contributed by atoms with van der Waals surface area (Å²) in [6, 6.07) is 13.6. The predicted molar refractivity (Wildman–Crippen MR) is 130 cm³/mol. The van der Waals surface area contributed by atoms with Gasteiger partial charge < -0.3 is 9.88 Å². The number of amides is 1. The Morgan fingerprint density at radius 1 is 1.11 bits per heavy atom. The number of H-pyrrole nitrogens is 1. The Labute approximate surface area is 209 Å². The lowest BCUT2D eigenvalue weighted by atomic mass is 9.94. The van der Waals surface area contributed by atoms with Gasteiger partial charge in [0.1, 0.15) is 11.6 Å². The minimum absolute atomic E-state index is 0.199. The van der Waals surface area contributed by atoms with Crippen molar-refractivity contribution in [2.24, 2.45) is 0 Å². The second kappa shape index (κ2) is 8.62. The van der Waals surface area contributed by atoms with Gasteiger partial charge in [-0.3, -0.25) is 4.79 Å². The normalized spacial score (nSPS) is 18.2. The summed E-state index contributed by atoms with van der Waals surface area (Å²) in [7, 11) is 0. The summed E-state index contributed by atoms with van der Waals surface area (Å²) in [6.07, 6.45) is -3.32. The largest absolute Gasteiger partial charge is 0.417 e. The highest BCUT2D eigenvalue weighted by atomic mass is 35.5. The molecule has 0 spiro atoms. The molecule has 1 N–H and O–H groups in total. The molecule has 1 aliphatic rings. The van der Waals surface area contributed by atoms with Gasteiger partial charge in [0.15, 0.2) is 0 Å². The lowest BCUT2D eigenvalue weighted by Crippen LogP contribution is -2.43. The number of fused-ring (bicyclic) bond motifs is 1. The maximum Gasteiger partial charge on any atom is 0.417 e. The van der Waals surface area contributed by atoms with Crippen molar-refractivity contribution in [1.29, 1.82) is 0 Å². The molecule has 0 aliphatic carbocycles. The minimum Gasteiger partial charge on any atom is -0.340 e. The van der Waals surface area contributed by atoms with E-state index in [9.17, 15) is 22.4 Å². The first-order chi connectivity index (χ1) is 17.0. The molecule has 186 valence electrons. The number of benzene rings is 3. The smallest absolute Gasteiger partial charge is 0.340 e. The molecule has 4 nitrogen and oxygen atoms in total. The van der Waals surface area contributed by atoms with Crippen LogP contribution < -0.4 is 0 Å². The van der Waals surface area contributed by atoms with Gasteiger partial charge in [0.05, 0.1) is 27.2 Å². The molecule has 0 saturated carbocycles. The fourth-order valence-electron chi connectivity index (χ4n) is 4.90. The number of halogens is 5. The zero-order valence-corrected chi connectivity index (χ0v) is 20.3. The van der Waals surface area contributed by atoms with E-state index in [1.807, 2.05) is 26.0 Å². The van der Waals surface area contributed by atoms with E-state index in [-0.39, 0.29) is 17.2 Å². The van der Waals surface area contributed by atoms with Gasteiger partial charge in [-0.15, -0.1) is 0 Å². The van der Waals surface area contributed by atoms with Crippen molar-refractivity contribution in [1.82, 2.24) is 14.9 Å². The third-order valence-electron chi connectivity index (χ3n) is 6.83. The maximum absolute atomic E-state index is 13.9. The molecule has 3 aromatic carbocycles. The van der Waals surface area contributed by atoms with E-state index < -0.39 is 22.3 Å². The van der Waals surface area contributed by atoms with Gasteiger partial charge in [0, 0.05) is 12.1 Å². The summed E-state index contributed by atoms with van der Waals surface area (Å²) >= 11 is 5.89. The van der Waals surface area contributed by atoms with Gasteiger partial charge in [-0.2, -0.15) is 13.2 Å². The van der Waals surface area contributed by atoms with E-state index >= 15 is 0 Å². The number of hydrogen-bond donors (Lipinski definition) is 1. The Kier molecular flexibility index (Phi) is 5.82. The van der Waals surface area contributed by atoms with Crippen molar-refractivity contribution >= 4 is 28.5 Å². The van der Waals surface area contributed by atoms with Gasteiger partial charge in [-0.1, -0.05) is 41.4 Å². The van der Waals surface area contributed by atoms with Crippen LogP contribution in [0, 0.1) is 12.7 Å². The van der Waals surface area contributed by atoms with Crippen LogP contribution in [-0.4, -0.2) is 27.3 Å². The van der Waals surface area contributed by atoms with Crippen LogP contribution in [0.4, 0.5) is 17.6 Å². The molecule has 0 radical (unpaired) electrons. The number of aromatic nitrogens is 2. The van der Waals surface area contributed by atoms with Crippen molar-refractivity contribution in [2.75, 3.05) is 6.54 Å². The number of alkyl halides is 3. The van der Waals surface area contributed by atoms with Crippen LogP contribution in [0.1, 0.15) is 47.1 Å². The summed E-state index contributed by atoms with van der Waals surface area (Å²) in [4.78, 5) is 23.2. The maximum atomic E-state index is 13.9. The number of aromatic amines is 1. The molecule has 1 aromatic heterocycles. The van der Waals surface area contributed by atoms with Crippen molar-refractivity contribution in [3.63, 3.8) is 0 Å². The topological polar surface area (TPSA) is 49.0 Å². The summed E-state index contributed by atoms with van der Waals surface area (Å²) in [6.45, 7) is 4.20. The van der Waals surface area contributed by atoms with Crippen molar-refractivity contribution in [3.05, 3.63) is 88.0 Å². The van der Waals surface area contributed by atoms with Gasteiger partial charge in [0.25, 0.3) is 5.91 Å². The molecular weight excluding hydrogens is 494 g/mol. The fraction of sp³-hybridized carbons (Fsp3) is 0.259. The molecular formula is C27H22ClF4N3O. The van der Waals surface area contributed by atoms with E-state index in [4.69, 9.17) is 11.6 Å². The van der Waals surface area contributed by atoms with Gasteiger partial charge in [0.2, 0.25) is 0 Å². The number of nitrogens with zero attached hydrogens (tertiary/aromatic N) is 2. The number of likely N-dealkylation sites (tertiary alicyclic amines) is 1. The standard InChI is InChI=1S/C27H22ClF4N3O/c1-15-4-9-18(16-5-7-17(29)8-6-16)19(12-15)24(36)35-11-3-10-26(35,2)25-33-22-13-20(27(30,31)32)21(28)14-23(22)34-25/h4-9,12-14H,3,10-11H2,1-2H3,(H,33,34).